The third kappa shape index (κ3) is 5.51. The van der Waals surface area contributed by atoms with Crippen LogP contribution in [0, 0.1) is 5.82 Å². The van der Waals surface area contributed by atoms with Crippen molar-refractivity contribution in [1.82, 2.24) is 9.88 Å². The number of aliphatic hydroxyl groups excluding tert-OH is 1. The molecule has 0 amide bonds. The summed E-state index contributed by atoms with van der Waals surface area (Å²) in [6, 6.07) is 8.26. The van der Waals surface area contributed by atoms with E-state index in [4.69, 9.17) is 4.74 Å². The first-order valence-corrected chi connectivity index (χ1v) is 8.95. The van der Waals surface area contributed by atoms with Crippen molar-refractivity contribution in [3.05, 3.63) is 48.5 Å². The van der Waals surface area contributed by atoms with Crippen molar-refractivity contribution < 1.29 is 14.2 Å². The molecule has 2 heterocycles. The van der Waals surface area contributed by atoms with Gasteiger partial charge in [-0.05, 0) is 61.3 Å². The van der Waals surface area contributed by atoms with Gasteiger partial charge in [-0.15, -0.1) is 0 Å². The first kappa shape index (κ1) is 17.8. The van der Waals surface area contributed by atoms with Gasteiger partial charge < -0.3 is 14.7 Å². The van der Waals surface area contributed by atoms with E-state index < -0.39 is 6.10 Å². The second-order valence-corrected chi connectivity index (χ2v) is 6.59. The first-order chi connectivity index (χ1) is 12.2. The zero-order chi connectivity index (χ0) is 17.5. The van der Waals surface area contributed by atoms with Gasteiger partial charge >= 0.3 is 0 Å². The fourth-order valence-corrected chi connectivity index (χ4v) is 3.22. The van der Waals surface area contributed by atoms with E-state index in [-0.39, 0.29) is 12.4 Å². The van der Waals surface area contributed by atoms with Crippen LogP contribution in [-0.4, -0.2) is 47.3 Å². The molecule has 1 atom stereocenters. The van der Waals surface area contributed by atoms with Crippen LogP contribution in [0.5, 0.6) is 5.75 Å². The van der Waals surface area contributed by atoms with E-state index in [1.54, 1.807) is 18.5 Å². The highest BCUT2D eigenvalue weighted by atomic mass is 19.1. The van der Waals surface area contributed by atoms with Crippen LogP contribution in [0.15, 0.2) is 42.7 Å². The van der Waals surface area contributed by atoms with Crippen molar-refractivity contribution in [2.24, 2.45) is 0 Å². The summed E-state index contributed by atoms with van der Waals surface area (Å²) < 4.78 is 19.5. The Morgan fingerprint density at radius 1 is 1.04 bits per heavy atom. The molecule has 0 aliphatic carbocycles. The maximum atomic E-state index is 13.9. The van der Waals surface area contributed by atoms with Crippen LogP contribution in [0.3, 0.4) is 0 Å². The molecule has 1 aromatic heterocycles. The molecule has 1 N–H and O–H groups in total. The summed E-state index contributed by atoms with van der Waals surface area (Å²) in [5, 5.41) is 10.2. The van der Waals surface area contributed by atoms with Crippen LogP contribution in [0.4, 0.5) is 4.39 Å². The zero-order valence-corrected chi connectivity index (χ0v) is 14.4. The first-order valence-electron chi connectivity index (χ1n) is 8.95. The van der Waals surface area contributed by atoms with Crippen molar-refractivity contribution in [2.75, 3.05) is 26.2 Å². The van der Waals surface area contributed by atoms with E-state index >= 15 is 0 Å². The largest absolute Gasteiger partial charge is 0.491 e. The Morgan fingerprint density at radius 3 is 2.48 bits per heavy atom. The number of hydrogen-bond donors (Lipinski definition) is 1. The molecule has 3 rings (SSSR count). The summed E-state index contributed by atoms with van der Waals surface area (Å²) in [7, 11) is 0. The number of β-amino-alcohol motifs (C(OH)–C–C–N with tert-alkyl or cyclic N) is 1. The molecule has 0 saturated carbocycles. The minimum absolute atomic E-state index is 0.162. The summed E-state index contributed by atoms with van der Waals surface area (Å²) in [4.78, 5) is 6.26. The maximum Gasteiger partial charge on any atom is 0.127 e. The Morgan fingerprint density at radius 2 is 1.76 bits per heavy atom. The number of pyridine rings is 1. The summed E-state index contributed by atoms with van der Waals surface area (Å²) in [5.74, 6) is 0.0769. The minimum Gasteiger partial charge on any atom is -0.491 e. The highest BCUT2D eigenvalue weighted by Crippen LogP contribution is 2.25. The molecule has 134 valence electrons. The molecular weight excluding hydrogens is 319 g/mol. The third-order valence-electron chi connectivity index (χ3n) is 4.49. The summed E-state index contributed by atoms with van der Waals surface area (Å²) in [6.07, 6.45) is 7.68. The fraction of sp³-hybridized carbons (Fsp3) is 0.450. The SMILES string of the molecule is OC(COc1cc(F)cc(-c2ccncc2)c1)CN1CCCCCC1. The zero-order valence-electron chi connectivity index (χ0n) is 14.4. The van der Waals surface area contributed by atoms with Gasteiger partial charge in [0.15, 0.2) is 0 Å². The molecule has 1 saturated heterocycles. The predicted molar refractivity (Wildman–Crippen MR) is 96.0 cm³/mol. The Bertz CT molecular complexity index is 658. The van der Waals surface area contributed by atoms with Crippen LogP contribution >= 0.6 is 0 Å². The van der Waals surface area contributed by atoms with Crippen molar-refractivity contribution in [3.8, 4) is 16.9 Å². The average Bonchev–Trinajstić information content (AvgIpc) is 2.89. The number of aromatic nitrogens is 1. The molecular formula is C20H25FN2O2. The molecule has 2 aromatic rings. The van der Waals surface area contributed by atoms with Crippen LogP contribution in [0.1, 0.15) is 25.7 Å². The Labute approximate surface area is 148 Å². The predicted octanol–water partition coefficient (Wildman–Crippen LogP) is 3.50. The van der Waals surface area contributed by atoms with Gasteiger partial charge in [0.2, 0.25) is 0 Å². The van der Waals surface area contributed by atoms with Gasteiger partial charge in [-0.2, -0.15) is 0 Å². The lowest BCUT2D eigenvalue weighted by Crippen LogP contribution is -2.36. The number of aliphatic hydroxyl groups is 1. The van der Waals surface area contributed by atoms with Crippen LogP contribution in [0.2, 0.25) is 0 Å². The smallest absolute Gasteiger partial charge is 0.127 e. The van der Waals surface area contributed by atoms with Gasteiger partial charge in [-0.1, -0.05) is 12.8 Å². The lowest BCUT2D eigenvalue weighted by molar-refractivity contribution is 0.0692. The van der Waals surface area contributed by atoms with Crippen molar-refractivity contribution in [3.63, 3.8) is 0 Å². The van der Waals surface area contributed by atoms with E-state index in [9.17, 15) is 9.50 Å². The van der Waals surface area contributed by atoms with Crippen LogP contribution in [0.25, 0.3) is 11.1 Å². The Balaban J connectivity index is 1.58. The lowest BCUT2D eigenvalue weighted by atomic mass is 10.1. The number of halogens is 1. The van der Waals surface area contributed by atoms with Gasteiger partial charge in [-0.25, -0.2) is 4.39 Å². The summed E-state index contributed by atoms with van der Waals surface area (Å²) in [5.41, 5.74) is 1.61. The van der Waals surface area contributed by atoms with Crippen molar-refractivity contribution in [2.45, 2.75) is 31.8 Å². The average molecular weight is 344 g/mol. The van der Waals surface area contributed by atoms with E-state index in [0.717, 1.165) is 24.2 Å². The monoisotopic (exact) mass is 344 g/mol. The summed E-state index contributed by atoms with van der Waals surface area (Å²) in [6.45, 7) is 2.83. The normalized spacial score (nSPS) is 17.0. The van der Waals surface area contributed by atoms with Gasteiger partial charge in [-0.3, -0.25) is 4.98 Å². The number of ether oxygens (including phenoxy) is 1. The maximum absolute atomic E-state index is 13.9. The standard InChI is InChI=1S/C20H25FN2O2/c21-18-11-17(16-5-7-22-8-6-16)12-20(13-18)25-15-19(24)14-23-9-3-1-2-4-10-23/h5-8,11-13,19,24H,1-4,9-10,14-15H2. The second kappa shape index (κ2) is 8.92. The molecule has 0 radical (unpaired) electrons. The molecule has 0 bridgehead atoms. The van der Waals surface area contributed by atoms with Crippen LogP contribution in [-0.2, 0) is 0 Å². The number of nitrogens with zero attached hydrogens (tertiary/aromatic N) is 2. The van der Waals surface area contributed by atoms with Gasteiger partial charge in [0, 0.05) is 25.0 Å². The second-order valence-electron chi connectivity index (χ2n) is 6.59. The van der Waals surface area contributed by atoms with Crippen molar-refractivity contribution in [1.29, 1.82) is 0 Å². The molecule has 5 heteroatoms. The van der Waals surface area contributed by atoms with Gasteiger partial charge in [0.05, 0.1) is 0 Å². The lowest BCUT2D eigenvalue weighted by Gasteiger charge is -2.23. The third-order valence-corrected chi connectivity index (χ3v) is 4.49. The van der Waals surface area contributed by atoms with E-state index in [2.05, 4.69) is 9.88 Å². The molecule has 1 aliphatic heterocycles. The van der Waals surface area contributed by atoms with Gasteiger partial charge in [0.25, 0.3) is 0 Å². The molecule has 4 nitrogen and oxygen atoms in total. The highest BCUT2D eigenvalue weighted by Gasteiger charge is 2.14. The highest BCUT2D eigenvalue weighted by molar-refractivity contribution is 5.64. The number of rotatable bonds is 6. The molecule has 1 fully saturated rings. The molecule has 1 aliphatic rings. The molecule has 0 spiro atoms. The van der Waals surface area contributed by atoms with E-state index in [0.29, 0.717) is 12.3 Å². The minimum atomic E-state index is -0.578. The van der Waals surface area contributed by atoms with Crippen LogP contribution < -0.4 is 4.74 Å². The molecule has 1 aromatic carbocycles. The quantitative estimate of drug-likeness (QED) is 0.871. The number of benzene rings is 1. The molecule has 1 unspecified atom stereocenters. The van der Waals surface area contributed by atoms with E-state index in [1.165, 1.54) is 37.8 Å². The summed E-state index contributed by atoms with van der Waals surface area (Å²) >= 11 is 0. The molecule has 25 heavy (non-hydrogen) atoms. The van der Waals surface area contributed by atoms with Crippen molar-refractivity contribution >= 4 is 0 Å². The fourth-order valence-electron chi connectivity index (χ4n) is 3.22. The van der Waals surface area contributed by atoms with Gasteiger partial charge in [0.1, 0.15) is 24.3 Å². The van der Waals surface area contributed by atoms with E-state index in [1.807, 2.05) is 12.1 Å². The Hall–Kier alpha value is -1.98. The number of likely N-dealkylation sites (tertiary alicyclic amines) is 1. The number of hydrogen-bond acceptors (Lipinski definition) is 4. The Kier molecular flexibility index (Phi) is 6.36. The topological polar surface area (TPSA) is 45.6 Å².